The van der Waals surface area contributed by atoms with Crippen LogP contribution in [-0.4, -0.2) is 37.9 Å². The van der Waals surface area contributed by atoms with E-state index in [-0.39, 0.29) is 40.8 Å². The van der Waals surface area contributed by atoms with E-state index in [1.165, 1.54) is 20.3 Å². The third-order valence-corrected chi connectivity index (χ3v) is 5.49. The highest BCUT2D eigenvalue weighted by Crippen LogP contribution is 2.45. The van der Waals surface area contributed by atoms with Crippen LogP contribution in [0.1, 0.15) is 37.8 Å². The Labute approximate surface area is 179 Å². The molecule has 0 heterocycles. The normalized spacial score (nSPS) is 12.1. The second-order valence-electron chi connectivity index (χ2n) is 7.08. The highest BCUT2D eigenvalue weighted by Gasteiger charge is 2.31. The monoisotopic (exact) mass is 419 g/mol. The van der Waals surface area contributed by atoms with Crippen molar-refractivity contribution < 1.29 is 28.9 Å². The topological polar surface area (TPSA) is 108 Å². The van der Waals surface area contributed by atoms with E-state index in [1.54, 1.807) is 0 Å². The Morgan fingerprint density at radius 1 is 0.968 bits per heavy atom. The molecule has 0 fully saturated rings. The zero-order valence-corrected chi connectivity index (χ0v) is 17.0. The van der Waals surface area contributed by atoms with Gasteiger partial charge in [0.25, 0.3) is 0 Å². The van der Waals surface area contributed by atoms with Gasteiger partial charge in [-0.2, -0.15) is 0 Å². The second kappa shape index (κ2) is 8.02. The van der Waals surface area contributed by atoms with Crippen LogP contribution in [0.2, 0.25) is 0 Å². The van der Waals surface area contributed by atoms with Crippen LogP contribution in [0.5, 0.6) is 11.5 Å². The van der Waals surface area contributed by atoms with Gasteiger partial charge in [0.15, 0.2) is 11.5 Å². The van der Waals surface area contributed by atoms with Crippen molar-refractivity contribution in [2.45, 2.75) is 5.92 Å². The quantitative estimate of drug-likeness (QED) is 0.460. The van der Waals surface area contributed by atoms with Crippen LogP contribution in [0.15, 0.2) is 54.6 Å². The van der Waals surface area contributed by atoms with E-state index in [9.17, 15) is 14.7 Å². The third kappa shape index (κ3) is 3.34. The molecule has 0 aliphatic heterocycles. The maximum absolute atomic E-state index is 13.0. The molecule has 0 atom stereocenters. The van der Waals surface area contributed by atoms with Crippen molar-refractivity contribution in [3.63, 3.8) is 0 Å². The number of nitrogen functional groups attached to an aromatic ring is 1. The highest BCUT2D eigenvalue weighted by atomic mass is 16.5. The second-order valence-corrected chi connectivity index (χ2v) is 7.08. The van der Waals surface area contributed by atoms with Crippen molar-refractivity contribution in [2.24, 2.45) is 0 Å². The molecule has 0 bridgehead atoms. The summed E-state index contributed by atoms with van der Waals surface area (Å²) < 4.78 is 16.1. The molecule has 0 unspecified atom stereocenters. The number of carboxylic acid groups (broad SMARTS) is 1. The Hall–Kier alpha value is -4.00. The van der Waals surface area contributed by atoms with Crippen molar-refractivity contribution >= 4 is 17.6 Å². The number of carbonyl (C=O) groups is 2. The van der Waals surface area contributed by atoms with E-state index in [1.807, 2.05) is 48.5 Å². The molecular formula is C24H21NO6. The largest absolute Gasteiger partial charge is 0.493 e. The van der Waals surface area contributed by atoms with E-state index in [0.29, 0.717) is 0 Å². The van der Waals surface area contributed by atoms with Gasteiger partial charge in [-0.25, -0.2) is 9.59 Å². The number of aromatic carboxylic acids is 1. The Morgan fingerprint density at radius 3 is 2.06 bits per heavy atom. The van der Waals surface area contributed by atoms with Crippen LogP contribution in [-0.2, 0) is 4.74 Å². The number of hydrogen-bond donors (Lipinski definition) is 2. The third-order valence-electron chi connectivity index (χ3n) is 5.49. The van der Waals surface area contributed by atoms with Crippen LogP contribution in [0.3, 0.4) is 0 Å². The van der Waals surface area contributed by atoms with Gasteiger partial charge >= 0.3 is 11.9 Å². The number of nitrogens with two attached hydrogens (primary N) is 1. The molecule has 0 aromatic heterocycles. The summed E-state index contributed by atoms with van der Waals surface area (Å²) in [6.45, 7) is 0.0646. The molecule has 0 saturated carbocycles. The number of rotatable bonds is 6. The number of anilines is 1. The predicted octanol–water partition coefficient (Wildman–Crippen LogP) is 3.95. The van der Waals surface area contributed by atoms with E-state index < -0.39 is 11.9 Å². The standard InChI is InChI=1S/C24H21NO6/c1-29-19-11-17(23(26)27)21(25)20(22(19)30-2)24(28)31-12-18-15-9-5-3-7-13(15)14-8-4-6-10-16(14)18/h3-11,18H,12,25H2,1-2H3,(H,26,27). The first-order valence-corrected chi connectivity index (χ1v) is 9.61. The number of carboxylic acids is 1. The summed E-state index contributed by atoms with van der Waals surface area (Å²) in [5.41, 5.74) is 9.67. The molecule has 7 heteroatoms. The predicted molar refractivity (Wildman–Crippen MR) is 115 cm³/mol. The first kappa shape index (κ1) is 20.3. The summed E-state index contributed by atoms with van der Waals surface area (Å²) in [7, 11) is 2.69. The molecular weight excluding hydrogens is 398 g/mol. The van der Waals surface area contributed by atoms with Gasteiger partial charge in [-0.05, 0) is 22.3 Å². The lowest BCUT2D eigenvalue weighted by molar-refractivity contribution is 0.0490. The van der Waals surface area contributed by atoms with Gasteiger partial charge in [-0.15, -0.1) is 0 Å². The molecule has 0 radical (unpaired) electrons. The van der Waals surface area contributed by atoms with Gasteiger partial charge in [-0.1, -0.05) is 48.5 Å². The average Bonchev–Trinajstić information content (AvgIpc) is 3.10. The van der Waals surface area contributed by atoms with Gasteiger partial charge in [-0.3, -0.25) is 0 Å². The zero-order chi connectivity index (χ0) is 22.1. The number of methoxy groups -OCH3 is 2. The zero-order valence-electron chi connectivity index (χ0n) is 17.0. The average molecular weight is 419 g/mol. The minimum atomic E-state index is -1.29. The molecule has 3 N–H and O–H groups in total. The Bertz CT molecular complexity index is 1140. The van der Waals surface area contributed by atoms with Gasteiger partial charge in [0, 0.05) is 12.0 Å². The van der Waals surface area contributed by atoms with Crippen molar-refractivity contribution in [1.29, 1.82) is 0 Å². The van der Waals surface area contributed by atoms with E-state index in [2.05, 4.69) is 0 Å². The van der Waals surface area contributed by atoms with Crippen molar-refractivity contribution in [2.75, 3.05) is 26.6 Å². The lowest BCUT2D eigenvalue weighted by atomic mass is 9.98. The number of ether oxygens (including phenoxy) is 3. The molecule has 4 rings (SSSR count). The number of fused-ring (bicyclic) bond motifs is 3. The summed E-state index contributed by atoms with van der Waals surface area (Å²) in [5.74, 6) is -2.10. The van der Waals surface area contributed by atoms with Crippen LogP contribution < -0.4 is 15.2 Å². The van der Waals surface area contributed by atoms with Gasteiger partial charge in [0.1, 0.15) is 12.2 Å². The summed E-state index contributed by atoms with van der Waals surface area (Å²) in [6, 6.07) is 17.2. The van der Waals surface area contributed by atoms with Crippen molar-refractivity contribution in [3.8, 4) is 22.6 Å². The molecule has 158 valence electrons. The van der Waals surface area contributed by atoms with Crippen LogP contribution in [0, 0.1) is 0 Å². The number of carbonyl (C=O) groups excluding carboxylic acids is 1. The van der Waals surface area contributed by atoms with E-state index in [0.717, 1.165) is 22.3 Å². The first-order chi connectivity index (χ1) is 15.0. The molecule has 3 aromatic rings. The Morgan fingerprint density at radius 2 is 1.55 bits per heavy atom. The first-order valence-electron chi connectivity index (χ1n) is 9.61. The minimum absolute atomic E-state index is 0.0298. The number of benzene rings is 3. The minimum Gasteiger partial charge on any atom is -0.493 e. The van der Waals surface area contributed by atoms with Crippen LogP contribution >= 0.6 is 0 Å². The van der Waals surface area contributed by atoms with Gasteiger partial charge in [0.2, 0.25) is 0 Å². The molecule has 0 saturated heterocycles. The van der Waals surface area contributed by atoms with Crippen LogP contribution in [0.4, 0.5) is 5.69 Å². The molecule has 1 aliphatic carbocycles. The summed E-state index contributed by atoms with van der Waals surface area (Å²) in [4.78, 5) is 24.6. The smallest absolute Gasteiger partial charge is 0.344 e. The highest BCUT2D eigenvalue weighted by molar-refractivity contribution is 6.06. The molecule has 0 amide bonds. The molecule has 3 aromatic carbocycles. The van der Waals surface area contributed by atoms with Crippen molar-refractivity contribution in [1.82, 2.24) is 0 Å². The summed E-state index contributed by atoms with van der Waals surface area (Å²) >= 11 is 0. The van der Waals surface area contributed by atoms with Gasteiger partial charge < -0.3 is 25.1 Å². The maximum atomic E-state index is 13.0. The Balaban J connectivity index is 1.69. The van der Waals surface area contributed by atoms with Crippen LogP contribution in [0.25, 0.3) is 11.1 Å². The molecule has 31 heavy (non-hydrogen) atoms. The van der Waals surface area contributed by atoms with Gasteiger partial charge in [0.05, 0.1) is 25.5 Å². The number of esters is 1. The number of hydrogen-bond acceptors (Lipinski definition) is 6. The maximum Gasteiger partial charge on any atom is 0.344 e. The summed E-state index contributed by atoms with van der Waals surface area (Å²) in [5, 5.41) is 9.45. The molecule has 0 spiro atoms. The van der Waals surface area contributed by atoms with E-state index >= 15 is 0 Å². The lowest BCUT2D eigenvalue weighted by Crippen LogP contribution is -2.17. The lowest BCUT2D eigenvalue weighted by Gasteiger charge is -2.18. The SMILES string of the molecule is COc1cc(C(=O)O)c(N)c(C(=O)OCC2c3ccccc3-c3ccccc32)c1OC. The fraction of sp³-hybridized carbons (Fsp3) is 0.167. The van der Waals surface area contributed by atoms with Crippen molar-refractivity contribution in [3.05, 3.63) is 76.9 Å². The molecule has 1 aliphatic rings. The van der Waals surface area contributed by atoms with E-state index in [4.69, 9.17) is 19.9 Å². The summed E-state index contributed by atoms with van der Waals surface area (Å²) in [6.07, 6.45) is 0. The fourth-order valence-electron chi connectivity index (χ4n) is 4.06. The fourth-order valence-corrected chi connectivity index (χ4v) is 4.06. The Kier molecular flexibility index (Phi) is 5.25. The molecule has 7 nitrogen and oxygen atoms in total.